The molecular formula is C31H35N7O3. The van der Waals surface area contributed by atoms with E-state index in [1.807, 2.05) is 29.3 Å². The highest BCUT2D eigenvalue weighted by molar-refractivity contribution is 6.00. The molecule has 2 bridgehead atoms. The van der Waals surface area contributed by atoms with Crippen molar-refractivity contribution in [2.45, 2.75) is 63.2 Å². The summed E-state index contributed by atoms with van der Waals surface area (Å²) in [5.41, 5.74) is 16.1. The van der Waals surface area contributed by atoms with Crippen LogP contribution in [-0.2, 0) is 11.3 Å². The first-order valence-corrected chi connectivity index (χ1v) is 14.8. The van der Waals surface area contributed by atoms with Crippen LogP contribution in [0.5, 0.6) is 5.75 Å². The van der Waals surface area contributed by atoms with Gasteiger partial charge in [-0.2, -0.15) is 0 Å². The Labute approximate surface area is 237 Å². The van der Waals surface area contributed by atoms with Gasteiger partial charge in [0.2, 0.25) is 5.91 Å². The summed E-state index contributed by atoms with van der Waals surface area (Å²) in [4.78, 5) is 37.6. The number of piperidine rings is 1. The van der Waals surface area contributed by atoms with Gasteiger partial charge in [-0.3, -0.25) is 9.59 Å². The summed E-state index contributed by atoms with van der Waals surface area (Å²) in [5.74, 6) is 1.96. The number of benzene rings is 1. The van der Waals surface area contributed by atoms with Crippen molar-refractivity contribution >= 4 is 33.9 Å². The number of primary amides is 1. The third-order valence-electron chi connectivity index (χ3n) is 10.0. The molecule has 41 heavy (non-hydrogen) atoms. The van der Waals surface area contributed by atoms with E-state index in [0.717, 1.165) is 47.5 Å². The summed E-state index contributed by atoms with van der Waals surface area (Å²) >= 11 is 0. The molecule has 4 aromatic rings. The fraction of sp³-hybridized carbons (Fsp3) is 0.484. The number of likely N-dealkylation sites (tertiary alicyclic amines) is 1. The summed E-state index contributed by atoms with van der Waals surface area (Å²) in [6.07, 6.45) is 7.60. The zero-order valence-electron chi connectivity index (χ0n) is 23.2. The molecule has 3 aromatic heterocycles. The molecule has 2 amide bonds. The van der Waals surface area contributed by atoms with Gasteiger partial charge in [-0.1, -0.05) is 0 Å². The molecule has 3 aliphatic carbocycles. The van der Waals surface area contributed by atoms with Gasteiger partial charge in [-0.25, -0.2) is 9.97 Å². The summed E-state index contributed by atoms with van der Waals surface area (Å²) in [5, 5.41) is 1.06. The van der Waals surface area contributed by atoms with Crippen LogP contribution in [0.4, 0.5) is 0 Å². The number of methoxy groups -OCH3 is 1. The van der Waals surface area contributed by atoms with Crippen LogP contribution in [-0.4, -0.2) is 61.6 Å². The Kier molecular flexibility index (Phi) is 5.48. The van der Waals surface area contributed by atoms with Gasteiger partial charge in [0.1, 0.15) is 16.9 Å². The van der Waals surface area contributed by atoms with Gasteiger partial charge in [0.05, 0.1) is 18.3 Å². The van der Waals surface area contributed by atoms with Gasteiger partial charge in [0, 0.05) is 54.3 Å². The standard InChI is InChI=1S/C31H35N7O3/c1-41-25-13-20(31(40)37-15-18-6-7-23(37)26(18)32)11-22-27(25)38(21-9-19(10-21)28(33)39)30(35-22)24-12-17-3-2-8-34-29(17)36(24)14-16-4-5-16/h2-3,8,11-13,16,18-19,21,23,26H,4-7,9-10,14-15,32H2,1H3,(H2,33,39)/t18-,19?,21?,23-,26-/m1/s1. The number of nitrogens with two attached hydrogens (primary N) is 2. The van der Waals surface area contributed by atoms with Crippen LogP contribution in [0.2, 0.25) is 0 Å². The second-order valence-corrected chi connectivity index (χ2v) is 12.5. The highest BCUT2D eigenvalue weighted by Crippen LogP contribution is 2.46. The molecule has 0 radical (unpaired) electrons. The first-order chi connectivity index (χ1) is 19.9. The maximum absolute atomic E-state index is 13.8. The van der Waals surface area contributed by atoms with Crippen molar-refractivity contribution in [2.24, 2.45) is 29.2 Å². The molecule has 4 aliphatic rings. The molecule has 1 saturated heterocycles. The topological polar surface area (TPSA) is 134 Å². The number of hydrogen-bond donors (Lipinski definition) is 2. The van der Waals surface area contributed by atoms with Crippen LogP contribution < -0.4 is 16.2 Å². The normalized spacial score (nSPS) is 27.1. The molecule has 4 heterocycles. The second-order valence-electron chi connectivity index (χ2n) is 12.5. The number of carbonyl (C=O) groups excluding carboxylic acids is 2. The monoisotopic (exact) mass is 553 g/mol. The van der Waals surface area contributed by atoms with Gasteiger partial charge in [-0.05, 0) is 80.7 Å². The smallest absolute Gasteiger partial charge is 0.254 e. The van der Waals surface area contributed by atoms with Crippen molar-refractivity contribution in [3.05, 3.63) is 42.1 Å². The fourth-order valence-corrected chi connectivity index (χ4v) is 7.50. The quantitative estimate of drug-likeness (QED) is 0.360. The van der Waals surface area contributed by atoms with E-state index >= 15 is 0 Å². The van der Waals surface area contributed by atoms with Crippen molar-refractivity contribution in [1.82, 2.24) is 24.0 Å². The lowest BCUT2D eigenvalue weighted by atomic mass is 9.79. The predicted octanol–water partition coefficient (Wildman–Crippen LogP) is 3.47. The van der Waals surface area contributed by atoms with Gasteiger partial charge in [0.25, 0.3) is 5.91 Å². The first kappa shape index (κ1) is 24.8. The first-order valence-electron chi connectivity index (χ1n) is 14.8. The number of hydrogen-bond acceptors (Lipinski definition) is 6. The highest BCUT2D eigenvalue weighted by Gasteiger charge is 2.47. The molecule has 1 aliphatic heterocycles. The number of fused-ring (bicyclic) bond motifs is 4. The summed E-state index contributed by atoms with van der Waals surface area (Å²) < 4.78 is 10.4. The van der Waals surface area contributed by atoms with Crippen molar-refractivity contribution in [1.29, 1.82) is 0 Å². The van der Waals surface area contributed by atoms with Gasteiger partial charge < -0.3 is 30.2 Å². The molecule has 0 unspecified atom stereocenters. The molecule has 212 valence electrons. The Hall–Kier alpha value is -3.92. The molecule has 0 spiro atoms. The number of carbonyl (C=O) groups is 2. The van der Waals surface area contributed by atoms with E-state index in [-0.39, 0.29) is 35.9 Å². The van der Waals surface area contributed by atoms with Gasteiger partial charge in [-0.15, -0.1) is 0 Å². The predicted molar refractivity (Wildman–Crippen MR) is 154 cm³/mol. The van der Waals surface area contributed by atoms with Crippen LogP contribution >= 0.6 is 0 Å². The number of imidazole rings is 1. The summed E-state index contributed by atoms with van der Waals surface area (Å²) in [6, 6.07) is 10.1. The maximum atomic E-state index is 13.8. The largest absolute Gasteiger partial charge is 0.494 e. The zero-order chi connectivity index (χ0) is 28.0. The van der Waals surface area contributed by atoms with Crippen LogP contribution in [0.25, 0.3) is 33.6 Å². The van der Waals surface area contributed by atoms with Crippen LogP contribution in [0.1, 0.15) is 54.9 Å². The molecule has 4 N–H and O–H groups in total. The molecule has 4 fully saturated rings. The molecule has 3 saturated carbocycles. The second kappa shape index (κ2) is 9.04. The average Bonchev–Trinajstić information content (AvgIpc) is 3.29. The number of rotatable bonds is 7. The molecule has 10 nitrogen and oxygen atoms in total. The molecule has 10 heteroatoms. The molecule has 8 rings (SSSR count). The minimum atomic E-state index is -0.266. The average molecular weight is 554 g/mol. The minimum absolute atomic E-state index is 0.0200. The van der Waals surface area contributed by atoms with E-state index in [1.165, 1.54) is 12.8 Å². The van der Waals surface area contributed by atoms with Crippen LogP contribution in [0.3, 0.4) is 0 Å². The molecule has 3 atom stereocenters. The Bertz CT molecular complexity index is 1710. The van der Waals surface area contributed by atoms with Gasteiger partial charge >= 0.3 is 0 Å². The number of amides is 2. The van der Waals surface area contributed by atoms with E-state index in [9.17, 15) is 9.59 Å². The number of ether oxygens (including phenoxy) is 1. The Morgan fingerprint density at radius 3 is 2.63 bits per heavy atom. The van der Waals surface area contributed by atoms with Crippen molar-refractivity contribution in [3.8, 4) is 17.3 Å². The van der Waals surface area contributed by atoms with Crippen molar-refractivity contribution < 1.29 is 14.3 Å². The van der Waals surface area contributed by atoms with Crippen molar-refractivity contribution in [2.75, 3.05) is 13.7 Å². The molecule has 1 aromatic carbocycles. The zero-order valence-corrected chi connectivity index (χ0v) is 23.2. The molecular weight excluding hydrogens is 518 g/mol. The number of pyridine rings is 1. The Balaban J connectivity index is 1.29. The Morgan fingerprint density at radius 2 is 1.95 bits per heavy atom. The maximum Gasteiger partial charge on any atom is 0.254 e. The lowest BCUT2D eigenvalue weighted by Crippen LogP contribution is -2.41. The SMILES string of the molecule is COc1cc(C(=O)N2C[C@H]3CC[C@@H]2[C@@H]3N)cc2nc(-c3cc4cccnc4n3CC3CC3)n(C3CC(C(N)=O)C3)c12. The summed E-state index contributed by atoms with van der Waals surface area (Å²) in [7, 11) is 1.63. The van der Waals surface area contributed by atoms with Gasteiger partial charge in [0.15, 0.2) is 5.82 Å². The third-order valence-corrected chi connectivity index (χ3v) is 10.0. The van der Waals surface area contributed by atoms with E-state index in [4.69, 9.17) is 26.2 Å². The van der Waals surface area contributed by atoms with Crippen LogP contribution in [0.15, 0.2) is 36.5 Å². The minimum Gasteiger partial charge on any atom is -0.494 e. The van der Waals surface area contributed by atoms with E-state index in [0.29, 0.717) is 48.1 Å². The Morgan fingerprint density at radius 1 is 1.12 bits per heavy atom. The van der Waals surface area contributed by atoms with E-state index < -0.39 is 0 Å². The lowest BCUT2D eigenvalue weighted by Gasteiger charge is -2.35. The fourth-order valence-electron chi connectivity index (χ4n) is 7.50. The summed E-state index contributed by atoms with van der Waals surface area (Å²) in [6.45, 7) is 1.59. The number of nitrogens with zero attached hydrogens (tertiary/aromatic N) is 5. The van der Waals surface area contributed by atoms with E-state index in [1.54, 1.807) is 7.11 Å². The number of aromatic nitrogens is 4. The van der Waals surface area contributed by atoms with Crippen molar-refractivity contribution in [3.63, 3.8) is 0 Å². The van der Waals surface area contributed by atoms with E-state index in [2.05, 4.69) is 21.3 Å². The van der Waals surface area contributed by atoms with Crippen LogP contribution in [0, 0.1) is 17.8 Å². The third kappa shape index (κ3) is 3.80. The highest BCUT2D eigenvalue weighted by atomic mass is 16.5. The lowest BCUT2D eigenvalue weighted by molar-refractivity contribution is -0.125.